The Kier molecular flexibility index (Phi) is 3.92. The van der Waals surface area contributed by atoms with Crippen molar-refractivity contribution >= 4 is 23.1 Å². The highest BCUT2D eigenvalue weighted by atomic mass is 35.5. The predicted octanol–water partition coefficient (Wildman–Crippen LogP) is 1.77. The fourth-order valence-corrected chi connectivity index (χ4v) is 2.61. The van der Waals surface area contributed by atoms with E-state index in [0.29, 0.717) is 23.5 Å². The van der Waals surface area contributed by atoms with Gasteiger partial charge in [0, 0.05) is 12.6 Å². The molecule has 2 heterocycles. The molecular weight excluding hydrogens is 250 g/mol. The first kappa shape index (κ1) is 13.4. The molecule has 100 valence electrons. The van der Waals surface area contributed by atoms with Crippen molar-refractivity contribution in [3.05, 3.63) is 11.0 Å². The molecule has 0 amide bonds. The lowest BCUT2D eigenvalue weighted by Crippen LogP contribution is -2.43. The van der Waals surface area contributed by atoms with Gasteiger partial charge in [-0.15, -0.1) is 0 Å². The lowest BCUT2D eigenvalue weighted by atomic mass is 9.94. The number of aryl methyl sites for hydroxylation is 1. The Morgan fingerprint density at radius 1 is 1.44 bits per heavy atom. The molecule has 0 aromatic carbocycles. The molecule has 1 aliphatic heterocycles. The van der Waals surface area contributed by atoms with E-state index in [1.807, 2.05) is 6.92 Å². The monoisotopic (exact) mass is 269 g/mol. The first-order valence-electron chi connectivity index (χ1n) is 6.22. The third-order valence-corrected chi connectivity index (χ3v) is 3.71. The van der Waals surface area contributed by atoms with Gasteiger partial charge in [0.15, 0.2) is 5.82 Å². The summed E-state index contributed by atoms with van der Waals surface area (Å²) in [6, 6.07) is 0.383. The molecule has 1 saturated heterocycles. The molecule has 2 unspecified atom stereocenters. The van der Waals surface area contributed by atoms with Crippen molar-refractivity contribution in [1.82, 2.24) is 14.9 Å². The number of rotatable bonds is 2. The summed E-state index contributed by atoms with van der Waals surface area (Å²) in [5.74, 6) is 1.21. The average molecular weight is 270 g/mol. The van der Waals surface area contributed by atoms with Crippen molar-refractivity contribution in [2.75, 3.05) is 31.2 Å². The third kappa shape index (κ3) is 2.84. The quantitative estimate of drug-likeness (QED) is 0.801. The summed E-state index contributed by atoms with van der Waals surface area (Å²) >= 11 is 5.87. The zero-order valence-corrected chi connectivity index (χ0v) is 11.8. The minimum Gasteiger partial charge on any atom is -0.394 e. The number of hydrogen-bond donors (Lipinski definition) is 2. The maximum atomic E-state index is 5.98. The van der Waals surface area contributed by atoms with Gasteiger partial charge < -0.3 is 16.0 Å². The van der Waals surface area contributed by atoms with E-state index in [1.165, 1.54) is 0 Å². The number of nitrogens with one attached hydrogen (secondary N) is 1. The Labute approximate surface area is 113 Å². The lowest BCUT2D eigenvalue weighted by molar-refractivity contribution is 0.206. The largest absolute Gasteiger partial charge is 0.394 e. The fourth-order valence-electron chi connectivity index (χ4n) is 2.40. The zero-order valence-electron chi connectivity index (χ0n) is 11.1. The van der Waals surface area contributed by atoms with Gasteiger partial charge in [-0.2, -0.15) is 4.98 Å². The van der Waals surface area contributed by atoms with E-state index < -0.39 is 0 Å². The van der Waals surface area contributed by atoms with Crippen LogP contribution in [0.25, 0.3) is 0 Å². The average Bonchev–Trinajstić information content (AvgIpc) is 2.29. The number of likely N-dealkylation sites (tertiary alicyclic amines) is 1. The smallest absolute Gasteiger partial charge is 0.224 e. The minimum atomic E-state index is 0.241. The number of hydrogen-bond acceptors (Lipinski definition) is 5. The maximum Gasteiger partial charge on any atom is 0.224 e. The van der Waals surface area contributed by atoms with Crippen LogP contribution in [0.1, 0.15) is 19.0 Å². The molecule has 1 aliphatic rings. The molecule has 1 aromatic heterocycles. The molecule has 0 aliphatic carbocycles. The number of piperidine rings is 1. The van der Waals surface area contributed by atoms with Crippen LogP contribution in [0.15, 0.2) is 0 Å². The van der Waals surface area contributed by atoms with Crippen LogP contribution < -0.4 is 11.1 Å². The molecule has 1 fully saturated rings. The van der Waals surface area contributed by atoms with E-state index in [-0.39, 0.29) is 5.28 Å². The number of aromatic nitrogens is 2. The predicted molar refractivity (Wildman–Crippen MR) is 74.9 cm³/mol. The van der Waals surface area contributed by atoms with Gasteiger partial charge in [-0.25, -0.2) is 4.98 Å². The molecule has 0 spiro atoms. The summed E-state index contributed by atoms with van der Waals surface area (Å²) in [7, 11) is 2.15. The van der Waals surface area contributed by atoms with Gasteiger partial charge in [0.25, 0.3) is 0 Å². The number of nitrogen functional groups attached to an aromatic ring is 1. The second-order valence-electron chi connectivity index (χ2n) is 5.12. The molecule has 2 atom stereocenters. The Bertz CT molecular complexity index is 437. The van der Waals surface area contributed by atoms with E-state index in [4.69, 9.17) is 17.3 Å². The van der Waals surface area contributed by atoms with Gasteiger partial charge in [-0.05, 0) is 44.5 Å². The van der Waals surface area contributed by atoms with Crippen molar-refractivity contribution < 1.29 is 0 Å². The zero-order chi connectivity index (χ0) is 13.3. The number of halogens is 1. The van der Waals surface area contributed by atoms with Crippen LogP contribution in [0.4, 0.5) is 11.5 Å². The molecule has 3 N–H and O–H groups in total. The van der Waals surface area contributed by atoms with Gasteiger partial charge >= 0.3 is 0 Å². The fraction of sp³-hybridized carbons (Fsp3) is 0.667. The molecule has 18 heavy (non-hydrogen) atoms. The number of nitrogens with zero attached hydrogens (tertiary/aromatic N) is 3. The molecule has 1 aromatic rings. The molecule has 0 saturated carbocycles. The maximum absolute atomic E-state index is 5.98. The van der Waals surface area contributed by atoms with Gasteiger partial charge in [-0.3, -0.25) is 0 Å². The van der Waals surface area contributed by atoms with E-state index in [1.54, 1.807) is 0 Å². The van der Waals surface area contributed by atoms with E-state index >= 15 is 0 Å². The minimum absolute atomic E-state index is 0.241. The summed E-state index contributed by atoms with van der Waals surface area (Å²) in [6.07, 6.45) is 1.08. The van der Waals surface area contributed by atoms with Crippen LogP contribution in [0.2, 0.25) is 5.28 Å². The first-order chi connectivity index (χ1) is 8.47. The summed E-state index contributed by atoms with van der Waals surface area (Å²) in [4.78, 5) is 10.6. The van der Waals surface area contributed by atoms with E-state index in [0.717, 1.165) is 25.2 Å². The van der Waals surface area contributed by atoms with Crippen LogP contribution in [0, 0.1) is 12.8 Å². The van der Waals surface area contributed by atoms with E-state index in [9.17, 15) is 0 Å². The van der Waals surface area contributed by atoms with Crippen LogP contribution in [-0.2, 0) is 0 Å². The molecule has 5 nitrogen and oxygen atoms in total. The van der Waals surface area contributed by atoms with Gasteiger partial charge in [0.1, 0.15) is 0 Å². The highest BCUT2D eigenvalue weighted by molar-refractivity contribution is 6.28. The number of anilines is 2. The molecule has 0 bridgehead atoms. The lowest BCUT2D eigenvalue weighted by Gasteiger charge is -2.35. The van der Waals surface area contributed by atoms with Crippen molar-refractivity contribution in [3.8, 4) is 0 Å². The summed E-state index contributed by atoms with van der Waals surface area (Å²) in [5.41, 5.74) is 7.29. The second kappa shape index (κ2) is 5.28. The summed E-state index contributed by atoms with van der Waals surface area (Å²) in [6.45, 7) is 6.24. The van der Waals surface area contributed by atoms with Crippen LogP contribution >= 0.6 is 11.6 Å². The topological polar surface area (TPSA) is 67.1 Å². The van der Waals surface area contributed by atoms with Crippen molar-refractivity contribution in [3.63, 3.8) is 0 Å². The molecular formula is C12H20ClN5. The molecule has 6 heteroatoms. The Hall–Kier alpha value is -1.07. The van der Waals surface area contributed by atoms with Crippen LogP contribution in [0.3, 0.4) is 0 Å². The van der Waals surface area contributed by atoms with Crippen molar-refractivity contribution in [2.45, 2.75) is 26.3 Å². The Morgan fingerprint density at radius 2 is 2.17 bits per heavy atom. The second-order valence-corrected chi connectivity index (χ2v) is 5.46. The van der Waals surface area contributed by atoms with Crippen molar-refractivity contribution in [1.29, 1.82) is 0 Å². The summed E-state index contributed by atoms with van der Waals surface area (Å²) in [5, 5.41) is 3.65. The highest BCUT2D eigenvalue weighted by Gasteiger charge is 2.25. The molecule has 0 radical (unpaired) electrons. The van der Waals surface area contributed by atoms with Gasteiger partial charge in [-0.1, -0.05) is 6.92 Å². The van der Waals surface area contributed by atoms with Crippen LogP contribution in [0.5, 0.6) is 0 Å². The SMILES string of the molecule is Cc1nc(Cl)nc(NC2CCN(C)CC2C)c1N. The van der Waals surface area contributed by atoms with E-state index in [2.05, 4.69) is 34.2 Å². The first-order valence-corrected chi connectivity index (χ1v) is 6.60. The van der Waals surface area contributed by atoms with Gasteiger partial charge in [0.2, 0.25) is 5.28 Å². The van der Waals surface area contributed by atoms with Crippen molar-refractivity contribution in [2.24, 2.45) is 5.92 Å². The summed E-state index contributed by atoms with van der Waals surface area (Å²) < 4.78 is 0. The normalized spacial score (nSPS) is 25.1. The number of nitrogens with two attached hydrogens (primary N) is 1. The van der Waals surface area contributed by atoms with Crippen LogP contribution in [-0.4, -0.2) is 41.0 Å². The van der Waals surface area contributed by atoms with Gasteiger partial charge in [0.05, 0.1) is 11.4 Å². The Balaban J connectivity index is 2.14. The third-order valence-electron chi connectivity index (χ3n) is 3.54. The Morgan fingerprint density at radius 3 is 2.83 bits per heavy atom. The standard InChI is InChI=1S/C12H20ClN5/c1-7-6-18(3)5-4-9(7)16-11-10(14)8(2)15-12(13)17-11/h7,9H,4-6,14H2,1-3H3,(H,15,16,17). The highest BCUT2D eigenvalue weighted by Crippen LogP contribution is 2.25. The molecule has 2 rings (SSSR count).